The molecule has 2 heterocycles. The zero-order valence-electron chi connectivity index (χ0n) is 15.8. The number of likely N-dealkylation sites (tertiary alicyclic amines) is 1. The molecule has 0 spiro atoms. The highest BCUT2D eigenvalue weighted by Gasteiger charge is 2.24. The van der Waals surface area contributed by atoms with Crippen molar-refractivity contribution < 1.29 is 18.9 Å². The van der Waals surface area contributed by atoms with Gasteiger partial charge in [0.2, 0.25) is 5.91 Å². The molecule has 3 rings (SSSR count). The molecular weight excluding hydrogens is 400 g/mol. The summed E-state index contributed by atoms with van der Waals surface area (Å²) in [6, 6.07) is 5.84. The van der Waals surface area contributed by atoms with Crippen LogP contribution in [0.3, 0.4) is 0 Å². The summed E-state index contributed by atoms with van der Waals surface area (Å²) in [5.41, 5.74) is 0.647. The molecule has 2 amide bonds. The van der Waals surface area contributed by atoms with Crippen molar-refractivity contribution in [3.8, 4) is 0 Å². The fourth-order valence-corrected chi connectivity index (χ4v) is 3.41. The molecular formula is C19H21ClN4O5. The van der Waals surface area contributed by atoms with Crippen molar-refractivity contribution in [2.75, 3.05) is 25.0 Å². The second kappa shape index (κ2) is 9.06. The van der Waals surface area contributed by atoms with Crippen LogP contribution in [0.25, 0.3) is 0 Å². The van der Waals surface area contributed by atoms with E-state index in [2.05, 4.69) is 10.6 Å². The number of nitrogens with one attached hydrogen (secondary N) is 2. The average molecular weight is 421 g/mol. The van der Waals surface area contributed by atoms with Gasteiger partial charge in [0.1, 0.15) is 5.69 Å². The van der Waals surface area contributed by atoms with Gasteiger partial charge in [0.15, 0.2) is 5.76 Å². The molecule has 0 unspecified atom stereocenters. The summed E-state index contributed by atoms with van der Waals surface area (Å²) >= 11 is 5.78. The minimum Gasteiger partial charge on any atom is -0.459 e. The van der Waals surface area contributed by atoms with Crippen LogP contribution in [0.15, 0.2) is 34.9 Å². The van der Waals surface area contributed by atoms with E-state index in [9.17, 15) is 19.7 Å². The van der Waals surface area contributed by atoms with Crippen LogP contribution in [-0.2, 0) is 4.79 Å². The second-order valence-corrected chi connectivity index (χ2v) is 7.36. The molecule has 1 aromatic carbocycles. The van der Waals surface area contributed by atoms with Crippen molar-refractivity contribution in [3.05, 3.63) is 57.0 Å². The van der Waals surface area contributed by atoms with Gasteiger partial charge in [0.05, 0.1) is 17.7 Å². The van der Waals surface area contributed by atoms with E-state index in [-0.39, 0.29) is 40.8 Å². The van der Waals surface area contributed by atoms with Gasteiger partial charge in [0.25, 0.3) is 11.6 Å². The predicted octanol–water partition coefficient (Wildman–Crippen LogP) is 2.98. The first kappa shape index (κ1) is 20.8. The van der Waals surface area contributed by atoms with Crippen molar-refractivity contribution in [2.45, 2.75) is 25.8 Å². The summed E-state index contributed by atoms with van der Waals surface area (Å²) in [7, 11) is 0. The molecule has 0 atom stereocenters. The number of piperidine rings is 1. The third-order valence-electron chi connectivity index (χ3n) is 4.79. The van der Waals surface area contributed by atoms with Crippen LogP contribution in [0.4, 0.5) is 11.4 Å². The molecule has 29 heavy (non-hydrogen) atoms. The molecule has 0 aliphatic carbocycles. The van der Waals surface area contributed by atoms with Crippen LogP contribution < -0.4 is 10.6 Å². The largest absolute Gasteiger partial charge is 0.459 e. The highest BCUT2D eigenvalue weighted by molar-refractivity contribution is 6.31. The SMILES string of the molecule is Cc1ccoc1C(=O)NC1CCN(CC(=O)Nc2ccc(Cl)cc2[N+](=O)[O-])CC1. The number of anilines is 1. The molecule has 2 N–H and O–H groups in total. The number of furan rings is 1. The van der Waals surface area contributed by atoms with Crippen LogP contribution in [0.1, 0.15) is 29.0 Å². The number of nitro benzene ring substituents is 1. The number of amides is 2. The number of benzene rings is 1. The summed E-state index contributed by atoms with van der Waals surface area (Å²) in [6.45, 7) is 3.17. The Morgan fingerprint density at radius 3 is 2.66 bits per heavy atom. The van der Waals surface area contributed by atoms with Gasteiger partial charge in [-0.2, -0.15) is 0 Å². The Bertz CT molecular complexity index is 921. The number of rotatable bonds is 6. The maximum atomic E-state index is 12.3. The Kier molecular flexibility index (Phi) is 6.50. The summed E-state index contributed by atoms with van der Waals surface area (Å²) in [6.07, 6.45) is 2.87. The molecule has 1 fully saturated rings. The summed E-state index contributed by atoms with van der Waals surface area (Å²) < 4.78 is 5.20. The maximum Gasteiger partial charge on any atom is 0.294 e. The smallest absolute Gasteiger partial charge is 0.294 e. The van der Waals surface area contributed by atoms with Crippen LogP contribution in [-0.4, -0.2) is 47.3 Å². The van der Waals surface area contributed by atoms with Gasteiger partial charge in [-0.1, -0.05) is 11.6 Å². The number of nitrogens with zero attached hydrogens (tertiary/aromatic N) is 2. The van der Waals surface area contributed by atoms with Gasteiger partial charge in [-0.3, -0.25) is 24.6 Å². The van der Waals surface area contributed by atoms with E-state index in [0.717, 1.165) is 5.56 Å². The topological polar surface area (TPSA) is 118 Å². The van der Waals surface area contributed by atoms with Crippen LogP contribution in [0.5, 0.6) is 0 Å². The van der Waals surface area contributed by atoms with E-state index in [1.165, 1.54) is 24.5 Å². The quantitative estimate of drug-likeness (QED) is 0.548. The lowest BCUT2D eigenvalue weighted by molar-refractivity contribution is -0.383. The molecule has 9 nitrogen and oxygen atoms in total. The van der Waals surface area contributed by atoms with Crippen molar-refractivity contribution in [1.82, 2.24) is 10.2 Å². The number of halogens is 1. The summed E-state index contributed by atoms with van der Waals surface area (Å²) in [4.78, 5) is 37.0. The first-order valence-corrected chi connectivity index (χ1v) is 9.52. The zero-order chi connectivity index (χ0) is 21.0. The van der Waals surface area contributed by atoms with E-state index in [4.69, 9.17) is 16.0 Å². The molecule has 2 aromatic rings. The molecule has 0 radical (unpaired) electrons. The number of hydrogen-bond acceptors (Lipinski definition) is 6. The van der Waals surface area contributed by atoms with E-state index in [1.807, 2.05) is 11.8 Å². The number of carbonyl (C=O) groups excluding carboxylic acids is 2. The molecule has 1 saturated heterocycles. The van der Waals surface area contributed by atoms with Gasteiger partial charge < -0.3 is 15.1 Å². The predicted molar refractivity (Wildman–Crippen MR) is 107 cm³/mol. The fourth-order valence-electron chi connectivity index (χ4n) is 3.25. The monoisotopic (exact) mass is 420 g/mol. The van der Waals surface area contributed by atoms with Crippen molar-refractivity contribution >= 4 is 34.8 Å². The standard InChI is InChI=1S/C19H21ClN4O5/c1-12-6-9-29-18(12)19(26)21-14-4-7-23(8-5-14)11-17(25)22-15-3-2-13(20)10-16(15)24(27)28/h2-3,6,9-10,14H,4-5,7-8,11H2,1H3,(H,21,26)(H,22,25). The van der Waals surface area contributed by atoms with E-state index in [0.29, 0.717) is 31.7 Å². The van der Waals surface area contributed by atoms with Crippen LogP contribution >= 0.6 is 11.6 Å². The van der Waals surface area contributed by atoms with Gasteiger partial charge in [-0.25, -0.2) is 0 Å². The summed E-state index contributed by atoms with van der Waals surface area (Å²) in [5.74, 6) is -0.265. The number of carbonyl (C=O) groups is 2. The Morgan fingerprint density at radius 1 is 1.31 bits per heavy atom. The Morgan fingerprint density at radius 2 is 2.03 bits per heavy atom. The number of nitro groups is 1. The van der Waals surface area contributed by atoms with Gasteiger partial charge in [-0.15, -0.1) is 0 Å². The van der Waals surface area contributed by atoms with E-state index >= 15 is 0 Å². The minimum atomic E-state index is -0.587. The Labute approximate surface area is 172 Å². The summed E-state index contributed by atoms with van der Waals surface area (Å²) in [5, 5.41) is 16.9. The molecule has 1 aliphatic heterocycles. The van der Waals surface area contributed by atoms with Gasteiger partial charge in [0, 0.05) is 35.8 Å². The van der Waals surface area contributed by atoms with Gasteiger partial charge in [-0.05, 0) is 38.0 Å². The lowest BCUT2D eigenvalue weighted by atomic mass is 10.0. The second-order valence-electron chi connectivity index (χ2n) is 6.92. The van der Waals surface area contributed by atoms with E-state index in [1.54, 1.807) is 6.07 Å². The molecule has 10 heteroatoms. The normalized spacial score (nSPS) is 15.1. The molecule has 0 saturated carbocycles. The molecule has 154 valence electrons. The average Bonchev–Trinajstić information content (AvgIpc) is 3.10. The third kappa shape index (κ3) is 5.33. The molecule has 1 aromatic heterocycles. The van der Waals surface area contributed by atoms with Crippen molar-refractivity contribution in [3.63, 3.8) is 0 Å². The van der Waals surface area contributed by atoms with Crippen LogP contribution in [0, 0.1) is 17.0 Å². The molecule has 1 aliphatic rings. The molecule has 0 bridgehead atoms. The lowest BCUT2D eigenvalue weighted by Crippen LogP contribution is -2.46. The van der Waals surface area contributed by atoms with Crippen molar-refractivity contribution in [2.24, 2.45) is 0 Å². The van der Waals surface area contributed by atoms with Crippen molar-refractivity contribution in [1.29, 1.82) is 0 Å². The van der Waals surface area contributed by atoms with Crippen LogP contribution in [0.2, 0.25) is 5.02 Å². The Hall–Kier alpha value is -2.91. The highest BCUT2D eigenvalue weighted by atomic mass is 35.5. The first-order chi connectivity index (χ1) is 13.8. The number of aryl methyl sites for hydroxylation is 1. The first-order valence-electron chi connectivity index (χ1n) is 9.14. The maximum absolute atomic E-state index is 12.3. The minimum absolute atomic E-state index is 0.00339. The number of hydrogen-bond donors (Lipinski definition) is 2. The van der Waals surface area contributed by atoms with E-state index < -0.39 is 4.92 Å². The third-order valence-corrected chi connectivity index (χ3v) is 5.02. The Balaban J connectivity index is 1.48. The van der Waals surface area contributed by atoms with Gasteiger partial charge >= 0.3 is 0 Å². The fraction of sp³-hybridized carbons (Fsp3) is 0.368. The lowest BCUT2D eigenvalue weighted by Gasteiger charge is -2.31. The zero-order valence-corrected chi connectivity index (χ0v) is 16.6. The highest BCUT2D eigenvalue weighted by Crippen LogP contribution is 2.27.